The van der Waals surface area contributed by atoms with Gasteiger partial charge in [-0.2, -0.15) is 17.6 Å². The molecular formula is C21H28F8O. The zero-order valence-electron chi connectivity index (χ0n) is 16.9. The summed E-state index contributed by atoms with van der Waals surface area (Å²) in [5.41, 5.74) is 0. The van der Waals surface area contributed by atoms with E-state index in [0.29, 0.717) is 5.92 Å². The highest BCUT2D eigenvalue weighted by molar-refractivity contribution is 5.27. The van der Waals surface area contributed by atoms with Gasteiger partial charge >= 0.3 is 12.5 Å². The molecule has 174 valence electrons. The molecule has 0 radical (unpaired) electrons. The van der Waals surface area contributed by atoms with Gasteiger partial charge in [0.2, 0.25) is 0 Å². The van der Waals surface area contributed by atoms with Crippen LogP contribution in [0.1, 0.15) is 64.7 Å². The van der Waals surface area contributed by atoms with E-state index in [-0.39, 0.29) is 18.8 Å². The lowest BCUT2D eigenvalue weighted by atomic mass is 9.79. The van der Waals surface area contributed by atoms with Crippen molar-refractivity contribution in [2.45, 2.75) is 77.2 Å². The van der Waals surface area contributed by atoms with Crippen LogP contribution in [0.25, 0.3) is 0 Å². The van der Waals surface area contributed by atoms with E-state index in [0.717, 1.165) is 12.3 Å². The van der Waals surface area contributed by atoms with Crippen LogP contribution in [-0.2, 0) is 0 Å². The third kappa shape index (κ3) is 9.08. The third-order valence-corrected chi connectivity index (χ3v) is 5.15. The first-order valence-electron chi connectivity index (χ1n) is 10.2. The molecule has 0 unspecified atom stereocenters. The molecule has 1 fully saturated rings. The number of benzene rings is 1. The first kappa shape index (κ1) is 26.5. The van der Waals surface area contributed by atoms with Crippen molar-refractivity contribution in [2.75, 3.05) is 6.67 Å². The molecular weight excluding hydrogens is 420 g/mol. The molecule has 0 aliphatic heterocycles. The molecule has 1 nitrogen and oxygen atoms in total. The van der Waals surface area contributed by atoms with Crippen LogP contribution >= 0.6 is 0 Å². The second-order valence-electron chi connectivity index (χ2n) is 7.52. The van der Waals surface area contributed by atoms with E-state index in [1.165, 1.54) is 51.4 Å². The van der Waals surface area contributed by atoms with Crippen LogP contribution in [-0.4, -0.2) is 19.2 Å². The summed E-state index contributed by atoms with van der Waals surface area (Å²) in [6.07, 6.45) is 2.38. The van der Waals surface area contributed by atoms with Crippen LogP contribution < -0.4 is 4.74 Å². The largest absolute Gasteiger partial charge is 0.461 e. The Morgan fingerprint density at radius 1 is 0.933 bits per heavy atom. The van der Waals surface area contributed by atoms with Crippen molar-refractivity contribution >= 4 is 0 Å². The van der Waals surface area contributed by atoms with E-state index in [9.17, 15) is 35.1 Å². The molecule has 1 aromatic rings. The summed E-state index contributed by atoms with van der Waals surface area (Å²) < 4.78 is 101. The van der Waals surface area contributed by atoms with Crippen LogP contribution in [0.2, 0.25) is 0 Å². The highest BCUT2D eigenvalue weighted by Gasteiger charge is 2.45. The van der Waals surface area contributed by atoms with Crippen LogP contribution in [0.4, 0.5) is 35.1 Å². The second kappa shape index (κ2) is 13.0. The van der Waals surface area contributed by atoms with Crippen molar-refractivity contribution in [3.05, 3.63) is 29.6 Å². The molecule has 0 spiro atoms. The first-order valence-corrected chi connectivity index (χ1v) is 10.2. The molecule has 0 saturated heterocycles. The fourth-order valence-electron chi connectivity index (χ4n) is 3.45. The summed E-state index contributed by atoms with van der Waals surface area (Å²) in [6, 6.07) is 0.0555. The number of ether oxygens (including phenoxy) is 1. The summed E-state index contributed by atoms with van der Waals surface area (Å²) in [5.74, 6) is -5.13. The van der Waals surface area contributed by atoms with Gasteiger partial charge in [0.05, 0.1) is 6.67 Å². The van der Waals surface area contributed by atoms with Gasteiger partial charge in [0.15, 0.2) is 17.4 Å². The van der Waals surface area contributed by atoms with Gasteiger partial charge in [-0.05, 0) is 18.3 Å². The van der Waals surface area contributed by atoms with Crippen molar-refractivity contribution in [3.63, 3.8) is 0 Å². The first-order chi connectivity index (χ1) is 14.1. The molecule has 1 aromatic carbocycles. The van der Waals surface area contributed by atoms with Gasteiger partial charge in [-0.1, -0.05) is 58.3 Å². The zero-order valence-corrected chi connectivity index (χ0v) is 16.9. The Morgan fingerprint density at radius 2 is 1.43 bits per heavy atom. The van der Waals surface area contributed by atoms with Gasteiger partial charge in [-0.25, -0.2) is 13.2 Å². The maximum absolute atomic E-state index is 12.7. The van der Waals surface area contributed by atoms with E-state index in [1.54, 1.807) is 0 Å². The summed E-state index contributed by atoms with van der Waals surface area (Å²) in [7, 11) is 0. The standard InChI is InChI=1S/C13H25F.C8H3F7O/c1-2-3-4-5-12-6-8-13(9-7-12)10-11-14;9-3-1-4(10)6(5(11)2-3)16-8(14,15)7(12)13/h12-13H,2-11H2,1H3;1-2,7H. The molecule has 0 bridgehead atoms. The van der Waals surface area contributed by atoms with E-state index in [4.69, 9.17) is 0 Å². The fourth-order valence-corrected chi connectivity index (χ4v) is 3.45. The Balaban J connectivity index is 0.000000303. The number of unbranched alkanes of at least 4 members (excludes halogenated alkanes) is 2. The zero-order chi connectivity index (χ0) is 22.7. The molecule has 1 aliphatic rings. The molecule has 1 saturated carbocycles. The number of rotatable bonds is 9. The summed E-state index contributed by atoms with van der Waals surface area (Å²) in [6.45, 7) is 2.16. The summed E-state index contributed by atoms with van der Waals surface area (Å²) >= 11 is 0. The van der Waals surface area contributed by atoms with Crippen LogP contribution in [0.15, 0.2) is 12.1 Å². The van der Waals surface area contributed by atoms with Crippen molar-refractivity contribution in [1.82, 2.24) is 0 Å². The average molecular weight is 448 g/mol. The molecule has 2 rings (SSSR count). The van der Waals surface area contributed by atoms with Gasteiger partial charge in [0.25, 0.3) is 0 Å². The normalized spacial score (nSPS) is 19.4. The van der Waals surface area contributed by atoms with Crippen LogP contribution in [0.3, 0.4) is 0 Å². The predicted molar refractivity (Wildman–Crippen MR) is 98.1 cm³/mol. The van der Waals surface area contributed by atoms with E-state index < -0.39 is 35.7 Å². The Kier molecular flexibility index (Phi) is 11.5. The van der Waals surface area contributed by atoms with E-state index in [2.05, 4.69) is 11.7 Å². The minimum Gasteiger partial charge on any atom is -0.422 e. The van der Waals surface area contributed by atoms with Gasteiger partial charge in [0, 0.05) is 12.1 Å². The fraction of sp³-hybridized carbons (Fsp3) is 0.714. The van der Waals surface area contributed by atoms with Crippen molar-refractivity contribution in [1.29, 1.82) is 0 Å². The minimum atomic E-state index is -5.06. The lowest BCUT2D eigenvalue weighted by Crippen LogP contribution is -2.34. The molecule has 0 atom stereocenters. The Labute approximate surface area is 171 Å². The van der Waals surface area contributed by atoms with Gasteiger partial charge < -0.3 is 4.74 Å². The Bertz CT molecular complexity index is 592. The third-order valence-electron chi connectivity index (χ3n) is 5.15. The monoisotopic (exact) mass is 448 g/mol. The summed E-state index contributed by atoms with van der Waals surface area (Å²) in [4.78, 5) is 0. The number of alkyl halides is 5. The molecule has 0 amide bonds. The SMILES string of the molecule is CCCCCC1CCC(CCF)CC1.Fc1cc(F)c(OC(F)(F)C(F)F)c(F)c1. The smallest absolute Gasteiger partial charge is 0.422 e. The van der Waals surface area contributed by atoms with Gasteiger partial charge in [0.1, 0.15) is 5.82 Å². The van der Waals surface area contributed by atoms with Gasteiger partial charge in [-0.3, -0.25) is 4.39 Å². The molecule has 9 heteroatoms. The molecule has 30 heavy (non-hydrogen) atoms. The Hall–Kier alpha value is -1.54. The van der Waals surface area contributed by atoms with Crippen LogP contribution in [0, 0.1) is 29.3 Å². The maximum atomic E-state index is 12.7. The topological polar surface area (TPSA) is 9.23 Å². The van der Waals surface area contributed by atoms with Crippen LogP contribution in [0.5, 0.6) is 5.75 Å². The molecule has 0 aromatic heterocycles. The summed E-state index contributed by atoms with van der Waals surface area (Å²) in [5, 5.41) is 0. The highest BCUT2D eigenvalue weighted by atomic mass is 19.3. The Morgan fingerprint density at radius 3 is 1.87 bits per heavy atom. The van der Waals surface area contributed by atoms with Gasteiger partial charge in [-0.15, -0.1) is 0 Å². The predicted octanol–water partition coefficient (Wildman–Crippen LogP) is 8.07. The number of hydrogen-bond acceptors (Lipinski definition) is 1. The quantitative estimate of drug-likeness (QED) is 0.274. The molecule has 0 N–H and O–H groups in total. The van der Waals surface area contributed by atoms with Crippen molar-refractivity contribution in [3.8, 4) is 5.75 Å². The number of halogens is 8. The average Bonchev–Trinajstić information content (AvgIpc) is 2.67. The minimum absolute atomic E-state index is 0.0277. The second-order valence-corrected chi connectivity index (χ2v) is 7.52. The molecule has 1 aliphatic carbocycles. The van der Waals surface area contributed by atoms with E-state index >= 15 is 0 Å². The van der Waals surface area contributed by atoms with Crippen molar-refractivity contribution in [2.24, 2.45) is 11.8 Å². The van der Waals surface area contributed by atoms with E-state index in [1.807, 2.05) is 0 Å². The lowest BCUT2D eigenvalue weighted by Gasteiger charge is -2.27. The molecule has 0 heterocycles. The highest BCUT2D eigenvalue weighted by Crippen LogP contribution is 2.34. The van der Waals surface area contributed by atoms with Crippen molar-refractivity contribution < 1.29 is 39.9 Å². The lowest BCUT2D eigenvalue weighted by molar-refractivity contribution is -0.255. The number of hydrogen-bond donors (Lipinski definition) is 0. The maximum Gasteiger partial charge on any atom is 0.461 e.